The molecule has 0 amide bonds. The summed E-state index contributed by atoms with van der Waals surface area (Å²) in [5, 5.41) is 12.6. The van der Waals surface area contributed by atoms with E-state index in [2.05, 4.69) is 10.1 Å². The standard InChI is InChI=1S/C15H22FNO3/c1-10(17-14(11(2)18)15(19)20-3)8-9-12-6-4-5-7-13(12)16/h4-7,10-11,14,17-18H,8-9H2,1-3H3. The number of aliphatic hydroxyl groups excluding tert-OH is 1. The molecule has 1 aromatic rings. The summed E-state index contributed by atoms with van der Waals surface area (Å²) in [6.45, 7) is 3.41. The maximum absolute atomic E-state index is 13.5. The Balaban J connectivity index is 2.52. The molecule has 0 heterocycles. The van der Waals surface area contributed by atoms with Crippen molar-refractivity contribution in [1.29, 1.82) is 0 Å². The quantitative estimate of drug-likeness (QED) is 0.747. The van der Waals surface area contributed by atoms with Gasteiger partial charge in [-0.15, -0.1) is 0 Å². The number of carbonyl (C=O) groups excluding carboxylic acids is 1. The molecule has 20 heavy (non-hydrogen) atoms. The van der Waals surface area contributed by atoms with Gasteiger partial charge in [0.2, 0.25) is 0 Å². The third-order valence-electron chi connectivity index (χ3n) is 3.21. The Morgan fingerprint density at radius 1 is 1.40 bits per heavy atom. The van der Waals surface area contributed by atoms with Gasteiger partial charge in [0.25, 0.3) is 0 Å². The van der Waals surface area contributed by atoms with Crippen LogP contribution >= 0.6 is 0 Å². The Bertz CT molecular complexity index is 437. The van der Waals surface area contributed by atoms with Gasteiger partial charge in [-0.25, -0.2) is 4.39 Å². The lowest BCUT2D eigenvalue weighted by Gasteiger charge is -2.23. The molecule has 1 aromatic carbocycles. The molecule has 0 aromatic heterocycles. The molecule has 0 radical (unpaired) electrons. The second-order valence-corrected chi connectivity index (χ2v) is 4.94. The zero-order valence-electron chi connectivity index (χ0n) is 12.1. The number of carbonyl (C=O) groups is 1. The van der Waals surface area contributed by atoms with Crippen LogP contribution in [0.15, 0.2) is 24.3 Å². The van der Waals surface area contributed by atoms with Gasteiger partial charge in [-0.05, 0) is 38.3 Å². The fourth-order valence-electron chi connectivity index (χ4n) is 1.99. The molecule has 5 heteroatoms. The van der Waals surface area contributed by atoms with Crippen molar-refractivity contribution in [2.75, 3.05) is 7.11 Å². The second kappa shape index (κ2) is 7.97. The van der Waals surface area contributed by atoms with Crippen LogP contribution in [0, 0.1) is 5.82 Å². The average Bonchev–Trinajstić information content (AvgIpc) is 2.42. The minimum Gasteiger partial charge on any atom is -0.468 e. The number of nitrogens with one attached hydrogen (secondary N) is 1. The highest BCUT2D eigenvalue weighted by molar-refractivity contribution is 5.76. The third-order valence-corrected chi connectivity index (χ3v) is 3.21. The van der Waals surface area contributed by atoms with Crippen molar-refractivity contribution >= 4 is 5.97 Å². The molecular weight excluding hydrogens is 261 g/mol. The second-order valence-electron chi connectivity index (χ2n) is 4.94. The Labute approximate surface area is 119 Å². The lowest BCUT2D eigenvalue weighted by Crippen LogP contribution is -2.49. The predicted molar refractivity (Wildman–Crippen MR) is 74.8 cm³/mol. The van der Waals surface area contributed by atoms with Crippen molar-refractivity contribution in [3.63, 3.8) is 0 Å². The van der Waals surface area contributed by atoms with Crippen LogP contribution in [0.25, 0.3) is 0 Å². The Morgan fingerprint density at radius 3 is 2.60 bits per heavy atom. The number of benzene rings is 1. The van der Waals surface area contributed by atoms with Crippen molar-refractivity contribution in [3.05, 3.63) is 35.6 Å². The molecule has 4 nitrogen and oxygen atoms in total. The molecule has 1 rings (SSSR count). The number of hydrogen-bond donors (Lipinski definition) is 2. The number of aliphatic hydroxyl groups is 1. The van der Waals surface area contributed by atoms with Crippen LogP contribution in [0.2, 0.25) is 0 Å². The smallest absolute Gasteiger partial charge is 0.325 e. The first-order valence-electron chi connectivity index (χ1n) is 6.71. The van der Waals surface area contributed by atoms with Crippen molar-refractivity contribution in [2.45, 2.75) is 44.9 Å². The highest BCUT2D eigenvalue weighted by atomic mass is 19.1. The largest absolute Gasteiger partial charge is 0.468 e. The van der Waals surface area contributed by atoms with E-state index in [1.807, 2.05) is 6.92 Å². The maximum Gasteiger partial charge on any atom is 0.325 e. The first kappa shape index (κ1) is 16.6. The number of hydrogen-bond acceptors (Lipinski definition) is 4. The van der Waals surface area contributed by atoms with Crippen molar-refractivity contribution in [1.82, 2.24) is 5.32 Å². The van der Waals surface area contributed by atoms with Gasteiger partial charge in [-0.1, -0.05) is 18.2 Å². The number of methoxy groups -OCH3 is 1. The third kappa shape index (κ3) is 4.90. The zero-order chi connectivity index (χ0) is 15.1. The molecule has 0 saturated heterocycles. The lowest BCUT2D eigenvalue weighted by atomic mass is 10.0. The fraction of sp³-hybridized carbons (Fsp3) is 0.533. The molecule has 112 valence electrons. The van der Waals surface area contributed by atoms with Crippen LogP contribution in [0.3, 0.4) is 0 Å². The molecule has 0 aliphatic carbocycles. The number of aryl methyl sites for hydroxylation is 1. The molecular formula is C15H22FNO3. The summed E-state index contributed by atoms with van der Waals surface area (Å²) in [6, 6.07) is 5.81. The molecule has 2 N–H and O–H groups in total. The van der Waals surface area contributed by atoms with Gasteiger partial charge < -0.3 is 9.84 Å². The highest BCUT2D eigenvalue weighted by Gasteiger charge is 2.25. The Kier molecular flexibility index (Phi) is 6.61. The molecule has 3 atom stereocenters. The minimum atomic E-state index is -0.849. The monoisotopic (exact) mass is 283 g/mol. The summed E-state index contributed by atoms with van der Waals surface area (Å²) >= 11 is 0. The van der Waals surface area contributed by atoms with Crippen LogP contribution in [0.5, 0.6) is 0 Å². The summed E-state index contributed by atoms with van der Waals surface area (Å²) in [4.78, 5) is 11.5. The van der Waals surface area contributed by atoms with Crippen molar-refractivity contribution in [3.8, 4) is 0 Å². The Morgan fingerprint density at radius 2 is 2.05 bits per heavy atom. The number of esters is 1. The normalized spacial score (nSPS) is 15.4. The van der Waals surface area contributed by atoms with E-state index in [1.54, 1.807) is 18.2 Å². The van der Waals surface area contributed by atoms with Crippen LogP contribution in [0.1, 0.15) is 25.8 Å². The van der Waals surface area contributed by atoms with E-state index in [-0.39, 0.29) is 11.9 Å². The van der Waals surface area contributed by atoms with Crippen LogP contribution in [-0.2, 0) is 16.0 Å². The SMILES string of the molecule is COC(=O)C(NC(C)CCc1ccccc1F)C(C)O. The van der Waals surface area contributed by atoms with Crippen molar-refractivity contribution in [2.24, 2.45) is 0 Å². The summed E-state index contributed by atoms with van der Waals surface area (Å²) in [7, 11) is 1.28. The maximum atomic E-state index is 13.5. The molecule has 0 saturated carbocycles. The molecule has 0 aliphatic rings. The first-order chi connectivity index (χ1) is 9.45. The van der Waals surface area contributed by atoms with Gasteiger partial charge in [0.15, 0.2) is 0 Å². The molecule has 0 aliphatic heterocycles. The van der Waals surface area contributed by atoms with E-state index < -0.39 is 18.1 Å². The van der Waals surface area contributed by atoms with Crippen molar-refractivity contribution < 1.29 is 19.0 Å². The van der Waals surface area contributed by atoms with Gasteiger partial charge in [-0.3, -0.25) is 10.1 Å². The highest BCUT2D eigenvalue weighted by Crippen LogP contribution is 2.11. The summed E-state index contributed by atoms with van der Waals surface area (Å²) in [5.74, 6) is -0.725. The van der Waals surface area contributed by atoms with E-state index >= 15 is 0 Å². The number of ether oxygens (including phenoxy) is 1. The minimum absolute atomic E-state index is 0.0479. The van der Waals surface area contributed by atoms with Gasteiger partial charge in [-0.2, -0.15) is 0 Å². The van der Waals surface area contributed by atoms with Gasteiger partial charge in [0.05, 0.1) is 13.2 Å². The van der Waals surface area contributed by atoms with Crippen LogP contribution < -0.4 is 5.32 Å². The molecule has 3 unspecified atom stereocenters. The van der Waals surface area contributed by atoms with E-state index in [4.69, 9.17) is 0 Å². The van der Waals surface area contributed by atoms with Crippen LogP contribution in [0.4, 0.5) is 4.39 Å². The van der Waals surface area contributed by atoms with Gasteiger partial charge >= 0.3 is 5.97 Å². The van der Waals surface area contributed by atoms with Crippen LogP contribution in [-0.4, -0.2) is 36.4 Å². The summed E-state index contributed by atoms with van der Waals surface area (Å²) < 4.78 is 18.1. The molecule has 0 bridgehead atoms. The molecule has 0 spiro atoms. The number of rotatable bonds is 7. The van der Waals surface area contributed by atoms with E-state index in [0.29, 0.717) is 18.4 Å². The summed E-state index contributed by atoms with van der Waals surface area (Å²) in [6.07, 6.45) is 0.369. The van der Waals surface area contributed by atoms with E-state index in [0.717, 1.165) is 0 Å². The zero-order valence-corrected chi connectivity index (χ0v) is 12.1. The Hall–Kier alpha value is -1.46. The molecule has 0 fully saturated rings. The van der Waals surface area contributed by atoms with E-state index in [1.165, 1.54) is 20.1 Å². The fourth-order valence-corrected chi connectivity index (χ4v) is 1.99. The van der Waals surface area contributed by atoms with Gasteiger partial charge in [0.1, 0.15) is 11.9 Å². The first-order valence-corrected chi connectivity index (χ1v) is 6.71. The predicted octanol–water partition coefficient (Wildman–Crippen LogP) is 1.66. The number of halogens is 1. The average molecular weight is 283 g/mol. The van der Waals surface area contributed by atoms with E-state index in [9.17, 15) is 14.3 Å². The topological polar surface area (TPSA) is 58.6 Å². The van der Waals surface area contributed by atoms with Gasteiger partial charge in [0, 0.05) is 6.04 Å². The lowest BCUT2D eigenvalue weighted by molar-refractivity contribution is -0.146. The summed E-state index contributed by atoms with van der Waals surface area (Å²) in [5.41, 5.74) is 0.646.